The topological polar surface area (TPSA) is 69.6 Å². The molecule has 1 rings (SSSR count). The number of hydrogen-bond acceptors (Lipinski definition) is 2. The Morgan fingerprint density at radius 1 is 1.32 bits per heavy atom. The van der Waals surface area contributed by atoms with Crippen LogP contribution in [0.3, 0.4) is 0 Å². The number of aliphatic carboxylic acids is 1. The molecule has 0 radical (unpaired) electrons. The lowest BCUT2D eigenvalue weighted by Crippen LogP contribution is -2.48. The summed E-state index contributed by atoms with van der Waals surface area (Å²) in [5.74, 6) is -0.224. The van der Waals surface area contributed by atoms with Gasteiger partial charge in [0, 0.05) is 12.6 Å². The van der Waals surface area contributed by atoms with Crippen molar-refractivity contribution in [3.8, 4) is 0 Å². The van der Waals surface area contributed by atoms with Crippen molar-refractivity contribution < 1.29 is 14.7 Å². The zero-order chi connectivity index (χ0) is 14.4. The normalized spacial score (nSPS) is 20.6. The number of amides is 2. The molecule has 19 heavy (non-hydrogen) atoms. The molecule has 5 nitrogen and oxygen atoms in total. The van der Waals surface area contributed by atoms with E-state index < -0.39 is 12.0 Å². The number of likely N-dealkylation sites (tertiary alicyclic amines) is 1. The molecule has 0 aromatic rings. The van der Waals surface area contributed by atoms with Gasteiger partial charge in [-0.1, -0.05) is 26.7 Å². The summed E-state index contributed by atoms with van der Waals surface area (Å²) >= 11 is 0. The van der Waals surface area contributed by atoms with Gasteiger partial charge in [0.2, 0.25) is 0 Å². The van der Waals surface area contributed by atoms with E-state index in [2.05, 4.69) is 19.2 Å². The first-order valence-corrected chi connectivity index (χ1v) is 7.21. The molecule has 0 aromatic carbocycles. The molecule has 0 aliphatic carbocycles. The van der Waals surface area contributed by atoms with Crippen molar-refractivity contribution in [1.29, 1.82) is 0 Å². The predicted octanol–water partition coefficient (Wildman–Crippen LogP) is 2.46. The highest BCUT2D eigenvalue weighted by atomic mass is 16.4. The maximum atomic E-state index is 12.0. The maximum absolute atomic E-state index is 12.0. The molecule has 2 N–H and O–H groups in total. The molecule has 1 aliphatic rings. The largest absolute Gasteiger partial charge is 0.480 e. The second-order valence-corrected chi connectivity index (χ2v) is 5.86. The highest BCUT2D eigenvalue weighted by Crippen LogP contribution is 2.17. The van der Waals surface area contributed by atoms with E-state index in [0.717, 1.165) is 25.7 Å². The summed E-state index contributed by atoms with van der Waals surface area (Å²) in [6, 6.07) is -0.786. The average Bonchev–Trinajstić information content (AvgIpc) is 2.77. The molecule has 110 valence electrons. The highest BCUT2D eigenvalue weighted by Gasteiger charge is 2.34. The van der Waals surface area contributed by atoms with Gasteiger partial charge in [-0.15, -0.1) is 0 Å². The molecule has 0 saturated carbocycles. The van der Waals surface area contributed by atoms with Gasteiger partial charge in [-0.05, 0) is 32.1 Å². The minimum Gasteiger partial charge on any atom is -0.480 e. The third kappa shape index (κ3) is 5.09. The van der Waals surface area contributed by atoms with Gasteiger partial charge in [0.15, 0.2) is 0 Å². The molecular formula is C14H26N2O3. The molecule has 1 heterocycles. The molecule has 0 spiro atoms. The van der Waals surface area contributed by atoms with Gasteiger partial charge in [-0.3, -0.25) is 0 Å². The van der Waals surface area contributed by atoms with Gasteiger partial charge in [0.25, 0.3) is 0 Å². The lowest BCUT2D eigenvalue weighted by atomic mass is 10.0. The molecule has 2 atom stereocenters. The Labute approximate surface area is 115 Å². The molecule has 1 fully saturated rings. The van der Waals surface area contributed by atoms with Gasteiger partial charge >= 0.3 is 12.0 Å². The van der Waals surface area contributed by atoms with Crippen molar-refractivity contribution >= 4 is 12.0 Å². The van der Waals surface area contributed by atoms with Crippen LogP contribution in [0.1, 0.15) is 52.9 Å². The summed E-state index contributed by atoms with van der Waals surface area (Å²) in [7, 11) is 0. The van der Waals surface area contributed by atoms with Gasteiger partial charge in [0.1, 0.15) is 6.04 Å². The van der Waals surface area contributed by atoms with Crippen LogP contribution in [0.4, 0.5) is 4.79 Å². The fourth-order valence-electron chi connectivity index (χ4n) is 2.46. The Morgan fingerprint density at radius 2 is 2.00 bits per heavy atom. The van der Waals surface area contributed by atoms with Crippen molar-refractivity contribution in [2.24, 2.45) is 5.92 Å². The van der Waals surface area contributed by atoms with E-state index in [0.29, 0.717) is 18.9 Å². The smallest absolute Gasteiger partial charge is 0.326 e. The van der Waals surface area contributed by atoms with Crippen LogP contribution in [0.25, 0.3) is 0 Å². The summed E-state index contributed by atoms with van der Waals surface area (Å²) < 4.78 is 0. The van der Waals surface area contributed by atoms with Crippen LogP contribution in [0.2, 0.25) is 0 Å². The summed E-state index contributed by atoms with van der Waals surface area (Å²) in [5, 5.41) is 12.0. The quantitative estimate of drug-likeness (QED) is 0.779. The Hall–Kier alpha value is -1.26. The number of carbonyl (C=O) groups excluding carboxylic acids is 1. The van der Waals surface area contributed by atoms with Gasteiger partial charge < -0.3 is 15.3 Å². The number of hydrogen-bond donors (Lipinski definition) is 2. The van der Waals surface area contributed by atoms with E-state index in [4.69, 9.17) is 5.11 Å². The third-order valence-electron chi connectivity index (χ3n) is 3.59. The standard InChI is InChI=1S/C14H26N2O3/c1-10(2)6-4-7-11(3)15-14(19)16-9-5-8-12(16)13(17)18/h10-12H,4-9H2,1-3H3,(H,15,19)(H,17,18). The number of carbonyl (C=O) groups is 2. The van der Waals surface area contributed by atoms with Crippen molar-refractivity contribution in [3.05, 3.63) is 0 Å². The lowest BCUT2D eigenvalue weighted by Gasteiger charge is -2.24. The van der Waals surface area contributed by atoms with Crippen LogP contribution in [-0.2, 0) is 4.79 Å². The summed E-state index contributed by atoms with van der Waals surface area (Å²) in [6.45, 7) is 6.89. The SMILES string of the molecule is CC(C)CCCC(C)NC(=O)N1CCCC1C(=O)O. The summed E-state index contributed by atoms with van der Waals surface area (Å²) in [5.41, 5.74) is 0. The Morgan fingerprint density at radius 3 is 2.58 bits per heavy atom. The molecule has 0 bridgehead atoms. The minimum absolute atomic E-state index is 0.0984. The van der Waals surface area contributed by atoms with Crippen LogP contribution in [-0.4, -0.2) is 40.6 Å². The fourth-order valence-corrected chi connectivity index (χ4v) is 2.46. The molecule has 2 amide bonds. The lowest BCUT2D eigenvalue weighted by molar-refractivity contribution is -0.141. The molecule has 5 heteroatoms. The third-order valence-corrected chi connectivity index (χ3v) is 3.59. The number of carboxylic acids is 1. The molecule has 1 saturated heterocycles. The number of rotatable bonds is 6. The van der Waals surface area contributed by atoms with Gasteiger partial charge in [0.05, 0.1) is 0 Å². The second kappa shape index (κ2) is 7.36. The Balaban J connectivity index is 2.35. The van der Waals surface area contributed by atoms with E-state index in [9.17, 15) is 9.59 Å². The summed E-state index contributed by atoms with van der Waals surface area (Å²) in [6.07, 6.45) is 4.51. The van der Waals surface area contributed by atoms with Crippen molar-refractivity contribution in [1.82, 2.24) is 10.2 Å². The molecule has 0 aromatic heterocycles. The van der Waals surface area contributed by atoms with Crippen LogP contribution in [0.15, 0.2) is 0 Å². The van der Waals surface area contributed by atoms with Crippen LogP contribution in [0.5, 0.6) is 0 Å². The average molecular weight is 270 g/mol. The minimum atomic E-state index is -0.903. The molecular weight excluding hydrogens is 244 g/mol. The summed E-state index contributed by atoms with van der Waals surface area (Å²) in [4.78, 5) is 24.5. The number of nitrogens with zero attached hydrogens (tertiary/aromatic N) is 1. The second-order valence-electron chi connectivity index (χ2n) is 5.86. The zero-order valence-electron chi connectivity index (χ0n) is 12.2. The Kier molecular flexibility index (Phi) is 6.12. The van der Waals surface area contributed by atoms with Crippen LogP contribution >= 0.6 is 0 Å². The molecule has 2 unspecified atom stereocenters. The van der Waals surface area contributed by atoms with Crippen molar-refractivity contribution in [2.45, 2.75) is 65.0 Å². The van der Waals surface area contributed by atoms with E-state index in [-0.39, 0.29) is 12.1 Å². The maximum Gasteiger partial charge on any atom is 0.326 e. The fraction of sp³-hybridized carbons (Fsp3) is 0.857. The van der Waals surface area contributed by atoms with Crippen LogP contribution < -0.4 is 5.32 Å². The number of urea groups is 1. The van der Waals surface area contributed by atoms with Crippen LogP contribution in [0, 0.1) is 5.92 Å². The monoisotopic (exact) mass is 270 g/mol. The van der Waals surface area contributed by atoms with Gasteiger partial charge in [-0.25, -0.2) is 9.59 Å². The van der Waals surface area contributed by atoms with Crippen molar-refractivity contribution in [2.75, 3.05) is 6.54 Å². The van der Waals surface area contributed by atoms with E-state index >= 15 is 0 Å². The highest BCUT2D eigenvalue weighted by molar-refractivity contribution is 5.83. The number of nitrogens with one attached hydrogen (secondary N) is 1. The molecule has 1 aliphatic heterocycles. The first-order valence-electron chi connectivity index (χ1n) is 7.21. The van der Waals surface area contributed by atoms with E-state index in [1.165, 1.54) is 4.90 Å². The van der Waals surface area contributed by atoms with Crippen molar-refractivity contribution in [3.63, 3.8) is 0 Å². The number of carboxylic acid groups (broad SMARTS) is 1. The Bertz CT molecular complexity index is 318. The van der Waals surface area contributed by atoms with E-state index in [1.54, 1.807) is 0 Å². The first-order chi connectivity index (χ1) is 8.91. The van der Waals surface area contributed by atoms with Gasteiger partial charge in [-0.2, -0.15) is 0 Å². The van der Waals surface area contributed by atoms with E-state index in [1.807, 2.05) is 6.92 Å². The predicted molar refractivity (Wildman–Crippen MR) is 74.0 cm³/mol. The first kappa shape index (κ1) is 15.8. The zero-order valence-corrected chi connectivity index (χ0v) is 12.2.